The number of nitrogens with zero attached hydrogens (tertiary/aromatic N) is 1. The number of rotatable bonds is 2. The van der Waals surface area contributed by atoms with Crippen LogP contribution in [0, 0.1) is 0 Å². The predicted molar refractivity (Wildman–Crippen MR) is 73.6 cm³/mol. The second-order valence-electron chi connectivity index (χ2n) is 4.09. The number of fused-ring (bicyclic) bond motifs is 1. The van der Waals surface area contributed by atoms with Crippen LogP contribution in [0.15, 0.2) is 24.3 Å². The summed E-state index contributed by atoms with van der Waals surface area (Å²) >= 11 is 3.64. The van der Waals surface area contributed by atoms with Gasteiger partial charge in [-0.3, -0.25) is 0 Å². The molecule has 3 rings (SSSR count). The molecule has 0 bridgehead atoms. The largest absolute Gasteiger partial charge is 0.372 e. The van der Waals surface area contributed by atoms with Crippen molar-refractivity contribution in [2.24, 2.45) is 0 Å². The molecule has 2 heterocycles. The molecule has 2 nitrogen and oxygen atoms in total. The molecule has 16 heavy (non-hydrogen) atoms. The van der Waals surface area contributed by atoms with Gasteiger partial charge in [0.1, 0.15) is 5.00 Å². The van der Waals surface area contributed by atoms with Crippen molar-refractivity contribution in [1.82, 2.24) is 4.37 Å². The average Bonchev–Trinajstić information content (AvgIpc) is 2.74. The van der Waals surface area contributed by atoms with Crippen LogP contribution in [-0.4, -0.2) is 21.9 Å². The third-order valence-corrected chi connectivity index (χ3v) is 4.90. The number of hydrogen-bond donors (Lipinski definition) is 1. The lowest BCUT2D eigenvalue weighted by Crippen LogP contribution is -2.25. The number of aromatic nitrogens is 1. The van der Waals surface area contributed by atoms with E-state index in [9.17, 15) is 0 Å². The summed E-state index contributed by atoms with van der Waals surface area (Å²) in [5, 5.41) is 6.14. The van der Waals surface area contributed by atoms with Crippen LogP contribution in [0.3, 0.4) is 0 Å². The third kappa shape index (κ3) is 2.04. The lowest BCUT2D eigenvalue weighted by molar-refractivity contribution is 0.687. The lowest BCUT2D eigenvalue weighted by Gasteiger charge is -2.22. The van der Waals surface area contributed by atoms with E-state index in [4.69, 9.17) is 0 Å². The normalized spacial score (nSPS) is 21.1. The van der Waals surface area contributed by atoms with Crippen LogP contribution in [0.4, 0.5) is 5.00 Å². The summed E-state index contributed by atoms with van der Waals surface area (Å²) in [5.41, 5.74) is 1.11. The summed E-state index contributed by atoms with van der Waals surface area (Å²) in [7, 11) is 0. The molecule has 1 aromatic carbocycles. The maximum Gasteiger partial charge on any atom is 0.117 e. The van der Waals surface area contributed by atoms with Gasteiger partial charge in [0, 0.05) is 17.2 Å². The van der Waals surface area contributed by atoms with E-state index in [-0.39, 0.29) is 0 Å². The van der Waals surface area contributed by atoms with Gasteiger partial charge in [0.15, 0.2) is 0 Å². The second-order valence-corrected chi connectivity index (χ2v) is 6.01. The van der Waals surface area contributed by atoms with Gasteiger partial charge in [0.25, 0.3) is 0 Å². The fraction of sp³-hybridized carbons (Fsp3) is 0.417. The van der Waals surface area contributed by atoms with Crippen molar-refractivity contribution in [3.05, 3.63) is 24.3 Å². The summed E-state index contributed by atoms with van der Waals surface area (Å²) in [4.78, 5) is 0. The number of hydrogen-bond acceptors (Lipinski definition) is 4. The maximum absolute atomic E-state index is 4.46. The number of anilines is 1. The maximum atomic E-state index is 4.46. The molecule has 1 aliphatic rings. The third-order valence-electron chi connectivity index (χ3n) is 2.88. The molecule has 1 unspecified atom stereocenters. The molecule has 1 aliphatic heterocycles. The van der Waals surface area contributed by atoms with E-state index in [1.54, 1.807) is 11.5 Å². The number of nitrogens with one attached hydrogen (secondary N) is 1. The van der Waals surface area contributed by atoms with Gasteiger partial charge in [-0.05, 0) is 42.3 Å². The smallest absolute Gasteiger partial charge is 0.117 e. The van der Waals surface area contributed by atoms with E-state index in [2.05, 4.69) is 39.7 Å². The summed E-state index contributed by atoms with van der Waals surface area (Å²) in [5.74, 6) is 2.55. The minimum absolute atomic E-state index is 0.627. The first-order chi connectivity index (χ1) is 7.93. The minimum atomic E-state index is 0.627. The van der Waals surface area contributed by atoms with E-state index >= 15 is 0 Å². The van der Waals surface area contributed by atoms with Gasteiger partial charge in [-0.2, -0.15) is 16.1 Å². The Labute approximate surface area is 104 Å². The Kier molecular flexibility index (Phi) is 3.02. The Bertz CT molecular complexity index is 475. The van der Waals surface area contributed by atoms with E-state index < -0.39 is 0 Å². The minimum Gasteiger partial charge on any atom is -0.372 e. The van der Waals surface area contributed by atoms with Crippen molar-refractivity contribution in [3.8, 4) is 0 Å². The highest BCUT2D eigenvalue weighted by atomic mass is 32.2. The van der Waals surface area contributed by atoms with Crippen LogP contribution in [-0.2, 0) is 0 Å². The highest BCUT2D eigenvalue weighted by Gasteiger charge is 2.15. The number of benzene rings is 1. The fourth-order valence-corrected chi connectivity index (χ4v) is 3.94. The van der Waals surface area contributed by atoms with Crippen molar-refractivity contribution >= 4 is 39.2 Å². The molecule has 0 saturated carbocycles. The van der Waals surface area contributed by atoms with E-state index in [1.165, 1.54) is 34.7 Å². The van der Waals surface area contributed by atoms with Crippen LogP contribution < -0.4 is 5.32 Å². The van der Waals surface area contributed by atoms with E-state index in [0.29, 0.717) is 6.04 Å². The molecule has 0 amide bonds. The average molecular weight is 250 g/mol. The molecule has 1 N–H and O–H groups in total. The quantitative estimate of drug-likeness (QED) is 0.881. The van der Waals surface area contributed by atoms with Crippen molar-refractivity contribution in [2.45, 2.75) is 18.9 Å². The molecule has 2 aromatic rings. The van der Waals surface area contributed by atoms with Gasteiger partial charge in [0.2, 0.25) is 0 Å². The molecular weight excluding hydrogens is 236 g/mol. The Hall–Kier alpha value is -0.740. The van der Waals surface area contributed by atoms with Gasteiger partial charge < -0.3 is 5.32 Å². The van der Waals surface area contributed by atoms with Gasteiger partial charge in [0.05, 0.1) is 5.52 Å². The van der Waals surface area contributed by atoms with Crippen molar-refractivity contribution in [1.29, 1.82) is 0 Å². The molecule has 84 valence electrons. The SMILES string of the molecule is c1ccc2c(NC3CCCSC3)snc2c1. The topological polar surface area (TPSA) is 24.9 Å². The molecule has 1 atom stereocenters. The number of thioether (sulfide) groups is 1. The summed E-state index contributed by atoms with van der Waals surface area (Å²) < 4.78 is 4.46. The van der Waals surface area contributed by atoms with Crippen LogP contribution in [0.5, 0.6) is 0 Å². The molecular formula is C12H14N2S2. The van der Waals surface area contributed by atoms with Crippen LogP contribution >= 0.6 is 23.3 Å². The Morgan fingerprint density at radius 2 is 2.25 bits per heavy atom. The van der Waals surface area contributed by atoms with Gasteiger partial charge in [-0.1, -0.05) is 12.1 Å². The van der Waals surface area contributed by atoms with Crippen molar-refractivity contribution in [3.63, 3.8) is 0 Å². The first kappa shape index (κ1) is 10.4. The highest BCUT2D eigenvalue weighted by molar-refractivity contribution is 7.99. The zero-order valence-corrected chi connectivity index (χ0v) is 10.6. The van der Waals surface area contributed by atoms with Crippen molar-refractivity contribution in [2.75, 3.05) is 16.8 Å². The Morgan fingerprint density at radius 1 is 1.31 bits per heavy atom. The molecule has 1 saturated heterocycles. The first-order valence-electron chi connectivity index (χ1n) is 5.62. The van der Waals surface area contributed by atoms with E-state index in [1.807, 2.05) is 6.07 Å². The molecule has 1 fully saturated rings. The zero-order chi connectivity index (χ0) is 10.8. The monoisotopic (exact) mass is 250 g/mol. The molecule has 0 radical (unpaired) electrons. The molecule has 4 heteroatoms. The zero-order valence-electron chi connectivity index (χ0n) is 8.98. The Morgan fingerprint density at radius 3 is 3.12 bits per heavy atom. The standard InChI is InChI=1S/C12H14N2S2/c1-2-6-11-10(5-1)12(16-14-11)13-9-4-3-7-15-8-9/h1-2,5-6,9,13H,3-4,7-8H2. The summed E-state index contributed by atoms with van der Waals surface area (Å²) in [6.07, 6.45) is 2.62. The Balaban J connectivity index is 1.83. The molecule has 0 spiro atoms. The molecule has 1 aromatic heterocycles. The van der Waals surface area contributed by atoms with Crippen LogP contribution in [0.25, 0.3) is 10.9 Å². The van der Waals surface area contributed by atoms with Crippen LogP contribution in [0.2, 0.25) is 0 Å². The lowest BCUT2D eigenvalue weighted by atomic mass is 10.2. The van der Waals surface area contributed by atoms with Crippen molar-refractivity contribution < 1.29 is 0 Å². The second kappa shape index (κ2) is 4.63. The van der Waals surface area contributed by atoms with Gasteiger partial charge >= 0.3 is 0 Å². The highest BCUT2D eigenvalue weighted by Crippen LogP contribution is 2.30. The fourth-order valence-electron chi connectivity index (χ4n) is 2.03. The first-order valence-corrected chi connectivity index (χ1v) is 7.55. The van der Waals surface area contributed by atoms with E-state index in [0.717, 1.165) is 5.52 Å². The molecule has 0 aliphatic carbocycles. The van der Waals surface area contributed by atoms with Gasteiger partial charge in [-0.15, -0.1) is 0 Å². The summed E-state index contributed by atoms with van der Waals surface area (Å²) in [6, 6.07) is 8.98. The predicted octanol–water partition coefficient (Wildman–Crippen LogP) is 3.60. The van der Waals surface area contributed by atoms with Crippen LogP contribution in [0.1, 0.15) is 12.8 Å². The summed E-state index contributed by atoms with van der Waals surface area (Å²) in [6.45, 7) is 0. The van der Waals surface area contributed by atoms with Gasteiger partial charge in [-0.25, -0.2) is 0 Å².